The largest absolute Gasteiger partial charge is 0.492 e. The Balaban J connectivity index is 1.79. The molecule has 9 heteroatoms. The number of hydrogen-bond acceptors (Lipinski definition) is 8. The van der Waals surface area contributed by atoms with Gasteiger partial charge in [-0.15, -0.1) is 0 Å². The third-order valence-corrected chi connectivity index (χ3v) is 5.92. The number of quaternary nitrogens is 1. The highest BCUT2D eigenvalue weighted by Crippen LogP contribution is 2.50. The molecule has 0 saturated carbocycles. The summed E-state index contributed by atoms with van der Waals surface area (Å²) in [5.41, 5.74) is 1.28. The van der Waals surface area contributed by atoms with E-state index in [1.165, 1.54) is 4.90 Å². The number of hydrogen-bond donors (Lipinski definition) is 4. The Bertz CT molecular complexity index is 1020. The zero-order chi connectivity index (χ0) is 24.3. The molecule has 0 spiro atoms. The number of nitrogens with one attached hydrogen (secondary N) is 2. The van der Waals surface area contributed by atoms with E-state index in [0.29, 0.717) is 43.2 Å². The van der Waals surface area contributed by atoms with E-state index < -0.39 is 17.7 Å². The molecule has 0 aromatic heterocycles. The summed E-state index contributed by atoms with van der Waals surface area (Å²) in [4.78, 5) is 13.7. The van der Waals surface area contributed by atoms with Crippen LogP contribution in [-0.4, -0.2) is 60.9 Å². The minimum atomic E-state index is -1.06. The lowest BCUT2D eigenvalue weighted by Gasteiger charge is -2.24. The molecule has 34 heavy (non-hydrogen) atoms. The number of esters is 1. The zero-order valence-corrected chi connectivity index (χ0v) is 19.8. The van der Waals surface area contributed by atoms with Crippen LogP contribution in [0.1, 0.15) is 38.3 Å². The van der Waals surface area contributed by atoms with Gasteiger partial charge in [0.05, 0.1) is 30.6 Å². The maximum Gasteiger partial charge on any atom is 0.374 e. The van der Waals surface area contributed by atoms with Gasteiger partial charge in [-0.25, -0.2) is 4.79 Å². The van der Waals surface area contributed by atoms with Crippen molar-refractivity contribution in [2.24, 2.45) is 0 Å². The van der Waals surface area contributed by atoms with E-state index in [2.05, 4.69) is 5.32 Å². The average molecular weight is 474 g/mol. The highest BCUT2D eigenvalue weighted by Gasteiger charge is 2.39. The second-order valence-corrected chi connectivity index (χ2v) is 9.01. The molecule has 2 unspecified atom stereocenters. The quantitative estimate of drug-likeness (QED) is 0.306. The Morgan fingerprint density at radius 1 is 1.38 bits per heavy atom. The molecular weight excluding hydrogens is 440 g/mol. The van der Waals surface area contributed by atoms with Crippen LogP contribution in [0.5, 0.6) is 17.2 Å². The summed E-state index contributed by atoms with van der Waals surface area (Å²) in [6.45, 7) is 7.15. The summed E-state index contributed by atoms with van der Waals surface area (Å²) in [5.74, 6) is 1.10. The molecule has 1 aromatic carbocycles. The van der Waals surface area contributed by atoms with Crippen LogP contribution in [-0.2, 0) is 16.0 Å². The van der Waals surface area contributed by atoms with E-state index in [9.17, 15) is 15.0 Å². The lowest BCUT2D eigenvalue weighted by Crippen LogP contribution is -3.07. The van der Waals surface area contributed by atoms with Gasteiger partial charge in [-0.1, -0.05) is 0 Å². The number of carbonyl (C=O) groups is 1. The molecule has 4 N–H and O–H groups in total. The van der Waals surface area contributed by atoms with Gasteiger partial charge in [0.1, 0.15) is 36.1 Å². The van der Waals surface area contributed by atoms with Crippen molar-refractivity contribution in [2.45, 2.75) is 45.3 Å². The molecule has 9 nitrogen and oxygen atoms in total. The van der Waals surface area contributed by atoms with Crippen molar-refractivity contribution < 1.29 is 38.9 Å². The Hall–Kier alpha value is -3.01. The van der Waals surface area contributed by atoms with Crippen molar-refractivity contribution in [3.63, 3.8) is 0 Å². The summed E-state index contributed by atoms with van der Waals surface area (Å²) in [6, 6.07) is 1.75. The minimum Gasteiger partial charge on any atom is -0.492 e. The smallest absolute Gasteiger partial charge is 0.374 e. The number of allylic oxidation sites excluding steroid dienone is 2. The Morgan fingerprint density at radius 3 is 2.88 bits per heavy atom. The summed E-state index contributed by atoms with van der Waals surface area (Å²) in [5, 5.41) is 23.0. The standard InChI is InChI=1S/C25H32N2O7/c1-4-31-24(29)20-12-16(6-8-27-9-7-26-15-27)22-19(33-20)14-18-17(23(22)32-11-5-10-28)13-21(34-18)25(2,3)30/h6-7,9,12,14,21,26,28,30H,4-5,8,10-11,13,15H2,1-3H3/p+1. The van der Waals surface area contributed by atoms with Crippen LogP contribution in [0.25, 0.3) is 5.57 Å². The molecule has 1 aromatic rings. The van der Waals surface area contributed by atoms with Gasteiger partial charge in [-0.2, -0.15) is 0 Å². The fourth-order valence-corrected chi connectivity index (χ4v) is 4.11. The summed E-state index contributed by atoms with van der Waals surface area (Å²) in [7, 11) is 0. The topological polar surface area (TPSA) is 111 Å². The molecule has 0 aliphatic carbocycles. The summed E-state index contributed by atoms with van der Waals surface area (Å²) >= 11 is 0. The van der Waals surface area contributed by atoms with Gasteiger partial charge in [-0.3, -0.25) is 4.90 Å². The second-order valence-electron chi connectivity index (χ2n) is 9.01. The first kappa shape index (κ1) is 24.1. The van der Waals surface area contributed by atoms with Gasteiger partial charge in [0.25, 0.3) is 0 Å². The molecule has 2 atom stereocenters. The van der Waals surface area contributed by atoms with Crippen LogP contribution < -0.4 is 24.4 Å². The maximum atomic E-state index is 12.5. The van der Waals surface area contributed by atoms with Crippen molar-refractivity contribution in [1.82, 2.24) is 5.32 Å². The molecule has 0 radical (unpaired) electrons. The third-order valence-electron chi connectivity index (χ3n) is 5.92. The first-order valence-electron chi connectivity index (χ1n) is 11.7. The number of rotatable bonds is 9. The molecule has 3 aliphatic heterocycles. The van der Waals surface area contributed by atoms with Gasteiger partial charge < -0.3 is 34.5 Å². The van der Waals surface area contributed by atoms with Crippen molar-refractivity contribution in [2.75, 3.05) is 33.0 Å². The fourth-order valence-electron chi connectivity index (χ4n) is 4.11. The third kappa shape index (κ3) is 5.06. The molecule has 0 bridgehead atoms. The molecular formula is C25H33N2O7+. The second kappa shape index (κ2) is 10.1. The SMILES string of the molecule is CCOC(=O)C1=CC(=CC[NH+]2C=CNC2)c2c(cc3c(c2OCCCO)CC(C(C)(C)O)O3)O1. The highest BCUT2D eigenvalue weighted by molar-refractivity contribution is 5.95. The van der Waals surface area contributed by atoms with Crippen LogP contribution in [0.3, 0.4) is 0 Å². The molecule has 3 aliphatic rings. The minimum absolute atomic E-state index is 0.00374. The van der Waals surface area contributed by atoms with Gasteiger partial charge in [-0.05, 0) is 38.5 Å². The van der Waals surface area contributed by atoms with Gasteiger partial charge in [0.15, 0.2) is 6.67 Å². The van der Waals surface area contributed by atoms with Crippen molar-refractivity contribution in [3.8, 4) is 17.2 Å². The van der Waals surface area contributed by atoms with Gasteiger partial charge >= 0.3 is 5.97 Å². The summed E-state index contributed by atoms with van der Waals surface area (Å²) in [6.07, 6.45) is 8.15. The Morgan fingerprint density at radius 2 is 2.21 bits per heavy atom. The molecule has 184 valence electrons. The normalized spacial score (nSPS) is 21.8. The fraction of sp³-hybridized carbons (Fsp3) is 0.480. The Kier molecular flexibility index (Phi) is 7.16. The van der Waals surface area contributed by atoms with Crippen LogP contribution in [0.4, 0.5) is 0 Å². The van der Waals surface area contributed by atoms with Crippen molar-refractivity contribution >= 4 is 11.5 Å². The number of aliphatic hydroxyl groups excluding tert-OH is 1. The van der Waals surface area contributed by atoms with Gasteiger partial charge in [0.2, 0.25) is 5.76 Å². The monoisotopic (exact) mass is 473 g/mol. The van der Waals surface area contributed by atoms with E-state index in [0.717, 1.165) is 23.4 Å². The van der Waals surface area contributed by atoms with E-state index in [-0.39, 0.29) is 19.0 Å². The highest BCUT2D eigenvalue weighted by atomic mass is 16.6. The van der Waals surface area contributed by atoms with Crippen molar-refractivity contribution in [3.05, 3.63) is 47.5 Å². The average Bonchev–Trinajstić information content (AvgIpc) is 3.46. The van der Waals surface area contributed by atoms with Gasteiger partial charge in [0, 0.05) is 31.1 Å². The first-order chi connectivity index (χ1) is 16.3. The molecule has 3 heterocycles. The number of ether oxygens (including phenoxy) is 4. The predicted molar refractivity (Wildman–Crippen MR) is 124 cm³/mol. The van der Waals surface area contributed by atoms with E-state index in [1.807, 2.05) is 18.5 Å². The number of carbonyl (C=O) groups excluding carboxylic acids is 1. The van der Waals surface area contributed by atoms with E-state index >= 15 is 0 Å². The van der Waals surface area contributed by atoms with Crippen molar-refractivity contribution in [1.29, 1.82) is 0 Å². The molecule has 0 amide bonds. The summed E-state index contributed by atoms with van der Waals surface area (Å²) < 4.78 is 23.4. The van der Waals surface area contributed by atoms with Crippen LogP contribution in [0, 0.1) is 0 Å². The molecule has 4 rings (SSSR count). The van der Waals surface area contributed by atoms with Crippen LogP contribution in [0.2, 0.25) is 0 Å². The number of fused-ring (bicyclic) bond motifs is 2. The first-order valence-corrected chi connectivity index (χ1v) is 11.7. The lowest BCUT2D eigenvalue weighted by molar-refractivity contribution is -0.836. The Labute approximate surface area is 199 Å². The van der Waals surface area contributed by atoms with Crippen LogP contribution >= 0.6 is 0 Å². The maximum absolute atomic E-state index is 12.5. The molecule has 0 fully saturated rings. The zero-order valence-electron chi connectivity index (χ0n) is 19.8. The number of benzene rings is 1. The predicted octanol–water partition coefficient (Wildman–Crippen LogP) is 0.662. The number of aliphatic hydroxyl groups is 2. The van der Waals surface area contributed by atoms with E-state index in [4.69, 9.17) is 18.9 Å². The van der Waals surface area contributed by atoms with E-state index in [1.54, 1.807) is 32.9 Å². The van der Waals surface area contributed by atoms with Crippen LogP contribution in [0.15, 0.2) is 36.4 Å². The molecule has 0 saturated heterocycles. The lowest BCUT2D eigenvalue weighted by atomic mass is 9.92.